The maximum Gasteiger partial charge on any atom is 0.310 e. The van der Waals surface area contributed by atoms with Crippen LogP contribution in [0.25, 0.3) is 0 Å². The van der Waals surface area contributed by atoms with Crippen molar-refractivity contribution in [2.24, 2.45) is 45.3 Å². The molecule has 4 saturated carbocycles. The molecule has 184 valence electrons. The highest BCUT2D eigenvalue weighted by atomic mass is 16.4. The van der Waals surface area contributed by atoms with E-state index in [1.807, 2.05) is 6.92 Å². The van der Waals surface area contributed by atoms with E-state index < -0.39 is 17.0 Å². The first-order chi connectivity index (χ1) is 15.3. The fourth-order valence-corrected chi connectivity index (χ4v) is 10.0. The number of carboxylic acids is 1. The van der Waals surface area contributed by atoms with Crippen molar-refractivity contribution < 1.29 is 20.1 Å². The zero-order valence-electron chi connectivity index (χ0n) is 21.3. The zero-order valence-corrected chi connectivity index (χ0v) is 21.3. The largest absolute Gasteiger partial charge is 0.481 e. The van der Waals surface area contributed by atoms with Gasteiger partial charge in [-0.05, 0) is 104 Å². The smallest absolute Gasteiger partial charge is 0.310 e. The summed E-state index contributed by atoms with van der Waals surface area (Å²) in [5.41, 5.74) is 0.439. The van der Waals surface area contributed by atoms with Gasteiger partial charge in [0.05, 0.1) is 17.1 Å². The van der Waals surface area contributed by atoms with Gasteiger partial charge >= 0.3 is 5.97 Å². The summed E-state index contributed by atoms with van der Waals surface area (Å²) in [5.74, 6) is -0.123. The molecule has 4 heteroatoms. The van der Waals surface area contributed by atoms with Gasteiger partial charge in [-0.3, -0.25) is 4.79 Å². The summed E-state index contributed by atoms with van der Waals surface area (Å²) in [4.78, 5) is 12.8. The van der Waals surface area contributed by atoms with Crippen LogP contribution in [0.3, 0.4) is 0 Å². The SMILES string of the molecule is C=C1[C@@H](O)CC[C@]2(C)[C@H]3CC=C4[C@H]5[C@](C(=O)O)(CC[C@@H](C)[C@@]5(C)O)CC[C@@]4(C)[C@]3(C)CC[C@@H]12. The lowest BCUT2D eigenvalue weighted by atomic mass is 9.34. The Kier molecular flexibility index (Phi) is 4.98. The van der Waals surface area contributed by atoms with Crippen LogP contribution in [-0.4, -0.2) is 33.0 Å². The Hall–Kier alpha value is -1.13. The Morgan fingerprint density at radius 1 is 1.03 bits per heavy atom. The molecule has 0 radical (unpaired) electrons. The molecule has 0 aromatic heterocycles. The second kappa shape index (κ2) is 6.97. The Morgan fingerprint density at radius 2 is 1.73 bits per heavy atom. The van der Waals surface area contributed by atoms with Crippen molar-refractivity contribution in [2.45, 2.75) is 104 Å². The van der Waals surface area contributed by atoms with E-state index in [1.165, 1.54) is 5.57 Å². The number of aliphatic hydroxyl groups is 2. The molecule has 0 bridgehead atoms. The van der Waals surface area contributed by atoms with Crippen molar-refractivity contribution >= 4 is 5.97 Å². The predicted octanol–water partition coefficient (Wildman–Crippen LogP) is 5.73. The van der Waals surface area contributed by atoms with Crippen LogP contribution in [0.5, 0.6) is 0 Å². The van der Waals surface area contributed by atoms with Crippen molar-refractivity contribution in [3.8, 4) is 0 Å². The molecule has 5 aliphatic rings. The summed E-state index contributed by atoms with van der Waals surface area (Å²) in [6.45, 7) is 15.6. The summed E-state index contributed by atoms with van der Waals surface area (Å²) in [6.07, 6.45) is 9.84. The maximum absolute atomic E-state index is 12.8. The van der Waals surface area contributed by atoms with Gasteiger partial charge in [-0.1, -0.05) is 45.9 Å². The predicted molar refractivity (Wildman–Crippen MR) is 129 cm³/mol. The minimum absolute atomic E-state index is 0.0480. The first-order valence-electron chi connectivity index (χ1n) is 13.3. The standard InChI is InChI=1S/C29H44O4/c1-17-9-14-29(24(31)32)16-15-26(4)20(23(29)28(17,6)33)7-8-22-25(3)12-11-21(30)18(2)19(25)10-13-27(22,26)5/h7,17,19,21-23,30,33H,2,8-16H2,1,3-6H3,(H,31,32)/t17-,19+,21+,22-,23-,25+,26-,27-,28-,29+/m1/s1. The van der Waals surface area contributed by atoms with E-state index in [-0.39, 0.29) is 34.2 Å². The second-order valence-corrected chi connectivity index (χ2v) is 13.5. The molecule has 5 rings (SSSR count). The highest BCUT2D eigenvalue weighted by Crippen LogP contribution is 2.75. The number of allylic oxidation sites excluding steroid dienone is 1. The first kappa shape index (κ1) is 23.6. The zero-order chi connectivity index (χ0) is 24.2. The molecule has 33 heavy (non-hydrogen) atoms. The van der Waals surface area contributed by atoms with E-state index in [0.717, 1.165) is 50.5 Å². The summed E-state index contributed by atoms with van der Waals surface area (Å²) < 4.78 is 0. The monoisotopic (exact) mass is 456 g/mol. The maximum atomic E-state index is 12.8. The number of hydrogen-bond acceptors (Lipinski definition) is 3. The fraction of sp³-hybridized carbons (Fsp3) is 0.828. The van der Waals surface area contributed by atoms with Gasteiger partial charge in [0.25, 0.3) is 0 Å². The van der Waals surface area contributed by atoms with Crippen LogP contribution in [0.1, 0.15) is 92.4 Å². The van der Waals surface area contributed by atoms with E-state index in [4.69, 9.17) is 0 Å². The highest BCUT2D eigenvalue weighted by molar-refractivity contribution is 5.77. The summed E-state index contributed by atoms with van der Waals surface area (Å²) >= 11 is 0. The van der Waals surface area contributed by atoms with Crippen LogP contribution in [0, 0.1) is 45.3 Å². The lowest BCUT2D eigenvalue weighted by molar-refractivity contribution is -0.199. The average Bonchev–Trinajstić information content (AvgIpc) is 2.74. The number of hydrogen-bond donors (Lipinski definition) is 3. The van der Waals surface area contributed by atoms with Crippen LogP contribution in [0.15, 0.2) is 23.8 Å². The van der Waals surface area contributed by atoms with E-state index >= 15 is 0 Å². The molecule has 0 amide bonds. The second-order valence-electron chi connectivity index (χ2n) is 13.5. The molecule has 0 aliphatic heterocycles. The Labute approximate surface area is 199 Å². The topological polar surface area (TPSA) is 77.8 Å². The molecular formula is C29H44O4. The molecule has 0 spiro atoms. The normalized spacial score (nSPS) is 56.0. The summed E-state index contributed by atoms with van der Waals surface area (Å²) in [5, 5.41) is 32.9. The number of aliphatic hydroxyl groups excluding tert-OH is 1. The van der Waals surface area contributed by atoms with Gasteiger partial charge in [0, 0.05) is 5.92 Å². The van der Waals surface area contributed by atoms with Crippen LogP contribution in [-0.2, 0) is 4.79 Å². The minimum atomic E-state index is -1.02. The van der Waals surface area contributed by atoms with Gasteiger partial charge in [0.15, 0.2) is 0 Å². The van der Waals surface area contributed by atoms with Crippen LogP contribution >= 0.6 is 0 Å². The summed E-state index contributed by atoms with van der Waals surface area (Å²) in [7, 11) is 0. The van der Waals surface area contributed by atoms with Crippen molar-refractivity contribution in [1.29, 1.82) is 0 Å². The van der Waals surface area contributed by atoms with E-state index in [2.05, 4.69) is 40.3 Å². The molecule has 0 heterocycles. The number of carbonyl (C=O) groups is 1. The molecule has 0 aromatic carbocycles. The van der Waals surface area contributed by atoms with Crippen LogP contribution in [0.4, 0.5) is 0 Å². The molecule has 4 nitrogen and oxygen atoms in total. The van der Waals surface area contributed by atoms with Crippen molar-refractivity contribution in [2.75, 3.05) is 0 Å². The Balaban J connectivity index is 1.64. The minimum Gasteiger partial charge on any atom is -0.481 e. The third-order valence-electron chi connectivity index (χ3n) is 12.6. The van der Waals surface area contributed by atoms with Crippen LogP contribution in [0.2, 0.25) is 0 Å². The molecule has 0 aromatic rings. The van der Waals surface area contributed by atoms with Gasteiger partial charge in [-0.25, -0.2) is 0 Å². The van der Waals surface area contributed by atoms with Gasteiger partial charge < -0.3 is 15.3 Å². The highest BCUT2D eigenvalue weighted by Gasteiger charge is 2.70. The third kappa shape index (κ3) is 2.69. The molecule has 5 aliphatic carbocycles. The van der Waals surface area contributed by atoms with Gasteiger partial charge in [-0.15, -0.1) is 0 Å². The third-order valence-corrected chi connectivity index (χ3v) is 12.6. The molecular weight excluding hydrogens is 412 g/mol. The molecule has 10 atom stereocenters. The fourth-order valence-electron chi connectivity index (χ4n) is 10.0. The van der Waals surface area contributed by atoms with Gasteiger partial charge in [0.1, 0.15) is 0 Å². The summed E-state index contributed by atoms with van der Waals surface area (Å²) in [6, 6.07) is 0. The number of fused-ring (bicyclic) bond motifs is 7. The molecule has 4 fully saturated rings. The molecule has 0 saturated heterocycles. The molecule has 3 N–H and O–H groups in total. The number of carboxylic acid groups (broad SMARTS) is 1. The quantitative estimate of drug-likeness (QED) is 0.440. The van der Waals surface area contributed by atoms with Gasteiger partial charge in [0.2, 0.25) is 0 Å². The van der Waals surface area contributed by atoms with Crippen molar-refractivity contribution in [3.05, 3.63) is 23.8 Å². The number of rotatable bonds is 1. The Morgan fingerprint density at radius 3 is 2.39 bits per heavy atom. The van der Waals surface area contributed by atoms with Crippen molar-refractivity contribution in [1.82, 2.24) is 0 Å². The van der Waals surface area contributed by atoms with Gasteiger partial charge in [-0.2, -0.15) is 0 Å². The lowest BCUT2D eigenvalue weighted by Gasteiger charge is -2.70. The van der Waals surface area contributed by atoms with E-state index in [9.17, 15) is 20.1 Å². The number of aliphatic carboxylic acids is 1. The Bertz CT molecular complexity index is 919. The lowest BCUT2D eigenvalue weighted by Crippen LogP contribution is -2.66. The average molecular weight is 457 g/mol. The van der Waals surface area contributed by atoms with Crippen LogP contribution < -0.4 is 0 Å². The first-order valence-corrected chi connectivity index (χ1v) is 13.3. The molecule has 0 unspecified atom stereocenters. The van der Waals surface area contributed by atoms with Crippen molar-refractivity contribution in [3.63, 3.8) is 0 Å². The van der Waals surface area contributed by atoms with E-state index in [0.29, 0.717) is 24.7 Å². The van der Waals surface area contributed by atoms with E-state index in [1.54, 1.807) is 0 Å².